The van der Waals surface area contributed by atoms with E-state index in [2.05, 4.69) is 4.99 Å². The molecule has 0 unspecified atom stereocenters. The third kappa shape index (κ3) is 1.19. The van der Waals surface area contributed by atoms with Crippen molar-refractivity contribution in [1.82, 2.24) is 0 Å². The molecule has 0 heterocycles. The topological polar surface area (TPSA) is 55.7 Å². The monoisotopic (exact) mass is 193 g/mol. The number of allylic oxidation sites excluding steroid dienone is 1. The van der Waals surface area contributed by atoms with Gasteiger partial charge in [0.1, 0.15) is 0 Å². The van der Waals surface area contributed by atoms with E-state index in [0.717, 1.165) is 6.42 Å². The smallest absolute Gasteiger partial charge is 0.311 e. The minimum absolute atomic E-state index is 0.189. The molecular weight excluding hydrogens is 182 g/mol. The Bertz CT molecular complexity index is 330. The van der Waals surface area contributed by atoms with Gasteiger partial charge in [0.05, 0.1) is 19.1 Å². The van der Waals surface area contributed by atoms with Crippen LogP contribution in [0.1, 0.15) is 6.42 Å². The molecule has 0 spiro atoms. The van der Waals surface area contributed by atoms with E-state index in [1.54, 1.807) is 0 Å². The number of rotatable bonds is 2. The van der Waals surface area contributed by atoms with Gasteiger partial charge in [0.2, 0.25) is 6.08 Å². The van der Waals surface area contributed by atoms with E-state index in [1.165, 1.54) is 13.2 Å². The normalized spacial score (nSPS) is 38.1. The van der Waals surface area contributed by atoms with Crippen molar-refractivity contribution in [2.45, 2.75) is 12.5 Å². The van der Waals surface area contributed by atoms with Gasteiger partial charge in [-0.1, -0.05) is 12.2 Å². The van der Waals surface area contributed by atoms with Crippen LogP contribution in [-0.4, -0.2) is 25.2 Å². The van der Waals surface area contributed by atoms with E-state index in [0.29, 0.717) is 0 Å². The molecule has 0 aromatic rings. The van der Waals surface area contributed by atoms with E-state index in [-0.39, 0.29) is 29.8 Å². The van der Waals surface area contributed by atoms with Crippen LogP contribution in [0.25, 0.3) is 0 Å². The molecule has 0 N–H and O–H groups in total. The van der Waals surface area contributed by atoms with Gasteiger partial charge in [-0.25, -0.2) is 9.79 Å². The largest absolute Gasteiger partial charge is 0.469 e. The molecule has 0 aromatic carbocycles. The number of aliphatic imine (C=N–C) groups is 1. The van der Waals surface area contributed by atoms with Crippen molar-refractivity contribution < 1.29 is 14.3 Å². The van der Waals surface area contributed by atoms with Crippen molar-refractivity contribution in [1.29, 1.82) is 0 Å². The molecule has 0 amide bonds. The van der Waals surface area contributed by atoms with E-state index in [9.17, 15) is 9.59 Å². The highest BCUT2D eigenvalue weighted by atomic mass is 16.5. The van der Waals surface area contributed by atoms with Crippen LogP contribution in [-0.2, 0) is 14.3 Å². The maximum Gasteiger partial charge on any atom is 0.311 e. The standard InChI is InChI=1S/C10H11NO3/c1-14-10(13)8-6-2-3-7(4-6)9(8)11-5-12/h2-3,6-9H,4H2,1H3/t6-,7+,8-,9+/m1/s1. The average Bonchev–Trinajstić information content (AvgIpc) is 2.77. The summed E-state index contributed by atoms with van der Waals surface area (Å²) in [7, 11) is 1.36. The van der Waals surface area contributed by atoms with Gasteiger partial charge in [0.15, 0.2) is 0 Å². The lowest BCUT2D eigenvalue weighted by Crippen LogP contribution is -2.31. The summed E-state index contributed by atoms with van der Waals surface area (Å²) in [5.41, 5.74) is 0. The van der Waals surface area contributed by atoms with Crippen LogP contribution in [0.2, 0.25) is 0 Å². The molecule has 14 heavy (non-hydrogen) atoms. The molecular formula is C10H11NO3. The van der Waals surface area contributed by atoms with Crippen LogP contribution in [0.4, 0.5) is 0 Å². The number of ether oxygens (including phenoxy) is 1. The van der Waals surface area contributed by atoms with E-state index in [4.69, 9.17) is 4.74 Å². The molecule has 1 saturated carbocycles. The lowest BCUT2D eigenvalue weighted by molar-refractivity contribution is -0.146. The number of carbonyl (C=O) groups excluding carboxylic acids is 2. The first kappa shape index (κ1) is 9.16. The van der Waals surface area contributed by atoms with Crippen LogP contribution in [0, 0.1) is 17.8 Å². The Morgan fingerprint density at radius 1 is 1.50 bits per heavy atom. The summed E-state index contributed by atoms with van der Waals surface area (Å²) in [6.07, 6.45) is 6.48. The molecule has 2 rings (SSSR count). The van der Waals surface area contributed by atoms with Crippen molar-refractivity contribution in [3.63, 3.8) is 0 Å². The summed E-state index contributed by atoms with van der Waals surface area (Å²) in [5.74, 6) is -0.151. The number of hydrogen-bond acceptors (Lipinski definition) is 4. The molecule has 0 aromatic heterocycles. The maximum atomic E-state index is 11.4. The molecule has 0 radical (unpaired) electrons. The number of esters is 1. The van der Waals surface area contributed by atoms with Gasteiger partial charge in [-0.3, -0.25) is 4.79 Å². The predicted molar refractivity (Wildman–Crippen MR) is 48.2 cm³/mol. The third-order valence-electron chi connectivity index (χ3n) is 3.09. The zero-order chi connectivity index (χ0) is 10.1. The van der Waals surface area contributed by atoms with Crippen LogP contribution in [0.3, 0.4) is 0 Å². The summed E-state index contributed by atoms with van der Waals surface area (Å²) in [6, 6.07) is -0.255. The van der Waals surface area contributed by atoms with Crippen LogP contribution in [0.5, 0.6) is 0 Å². The molecule has 2 aliphatic rings. The molecule has 4 nitrogen and oxygen atoms in total. The van der Waals surface area contributed by atoms with E-state index in [1.807, 2.05) is 12.2 Å². The number of carbonyl (C=O) groups is 1. The summed E-state index contributed by atoms with van der Waals surface area (Å²) < 4.78 is 4.70. The molecule has 2 aliphatic carbocycles. The minimum Gasteiger partial charge on any atom is -0.469 e. The Morgan fingerprint density at radius 3 is 2.86 bits per heavy atom. The number of nitrogens with zero attached hydrogens (tertiary/aromatic N) is 1. The van der Waals surface area contributed by atoms with Crippen LogP contribution in [0.15, 0.2) is 17.1 Å². The highest BCUT2D eigenvalue weighted by Gasteiger charge is 2.49. The Kier molecular flexibility index (Phi) is 2.22. The fourth-order valence-corrected chi connectivity index (χ4v) is 2.48. The van der Waals surface area contributed by atoms with Crippen molar-refractivity contribution in [3.8, 4) is 0 Å². The zero-order valence-corrected chi connectivity index (χ0v) is 7.84. The zero-order valence-electron chi connectivity index (χ0n) is 7.84. The molecule has 1 fully saturated rings. The number of fused-ring (bicyclic) bond motifs is 2. The van der Waals surface area contributed by atoms with Gasteiger partial charge in [-0.2, -0.15) is 0 Å². The Balaban J connectivity index is 2.26. The number of isocyanates is 1. The van der Waals surface area contributed by atoms with E-state index >= 15 is 0 Å². The fraction of sp³-hybridized carbons (Fsp3) is 0.600. The van der Waals surface area contributed by atoms with Gasteiger partial charge in [0, 0.05) is 5.92 Å². The first-order valence-electron chi connectivity index (χ1n) is 4.61. The fourth-order valence-electron chi connectivity index (χ4n) is 2.48. The summed E-state index contributed by atoms with van der Waals surface area (Å²) in [4.78, 5) is 25.4. The van der Waals surface area contributed by atoms with Gasteiger partial charge >= 0.3 is 5.97 Å². The Labute approximate surface area is 81.7 Å². The van der Waals surface area contributed by atoms with Crippen molar-refractivity contribution in [2.24, 2.45) is 22.7 Å². The second kappa shape index (κ2) is 3.39. The first-order valence-corrected chi connectivity index (χ1v) is 4.61. The molecule has 4 heteroatoms. The summed E-state index contributed by atoms with van der Waals surface area (Å²) in [5, 5.41) is 0. The van der Waals surface area contributed by atoms with Crippen LogP contribution < -0.4 is 0 Å². The minimum atomic E-state index is -0.281. The van der Waals surface area contributed by atoms with Crippen molar-refractivity contribution >= 4 is 12.0 Å². The lowest BCUT2D eigenvalue weighted by Gasteiger charge is -2.20. The quantitative estimate of drug-likeness (QED) is 0.280. The Hall–Kier alpha value is -1.41. The second-order valence-corrected chi connectivity index (χ2v) is 3.71. The highest BCUT2D eigenvalue weighted by molar-refractivity contribution is 5.75. The van der Waals surface area contributed by atoms with Crippen molar-refractivity contribution in [2.75, 3.05) is 7.11 Å². The number of methoxy groups -OCH3 is 1. The first-order chi connectivity index (χ1) is 6.77. The number of hydrogen-bond donors (Lipinski definition) is 0. The summed E-state index contributed by atoms with van der Waals surface area (Å²) in [6.45, 7) is 0. The van der Waals surface area contributed by atoms with E-state index < -0.39 is 0 Å². The molecule has 0 aliphatic heterocycles. The second-order valence-electron chi connectivity index (χ2n) is 3.71. The van der Waals surface area contributed by atoms with Gasteiger partial charge in [0.25, 0.3) is 0 Å². The van der Waals surface area contributed by atoms with Gasteiger partial charge < -0.3 is 4.74 Å². The highest BCUT2D eigenvalue weighted by Crippen LogP contribution is 2.45. The maximum absolute atomic E-state index is 11.4. The SMILES string of the molecule is COC(=O)[C@H]1[C@@H](N=C=O)[C@H]2C=C[C@@H]1C2. The summed E-state index contributed by atoms with van der Waals surface area (Å²) >= 11 is 0. The van der Waals surface area contributed by atoms with Crippen LogP contribution >= 0.6 is 0 Å². The lowest BCUT2D eigenvalue weighted by atomic mass is 9.89. The van der Waals surface area contributed by atoms with Gasteiger partial charge in [-0.05, 0) is 12.3 Å². The molecule has 2 bridgehead atoms. The third-order valence-corrected chi connectivity index (χ3v) is 3.09. The van der Waals surface area contributed by atoms with Crippen molar-refractivity contribution in [3.05, 3.63) is 12.2 Å². The molecule has 4 atom stereocenters. The Morgan fingerprint density at radius 2 is 2.21 bits per heavy atom. The molecule has 0 saturated heterocycles. The van der Waals surface area contributed by atoms with Gasteiger partial charge in [-0.15, -0.1) is 0 Å². The average molecular weight is 193 g/mol. The predicted octanol–water partition coefficient (Wildman–Crippen LogP) is 0.686. The molecule has 74 valence electrons.